The summed E-state index contributed by atoms with van der Waals surface area (Å²) in [5.74, 6) is -0.998. The Bertz CT molecular complexity index is 1050. The summed E-state index contributed by atoms with van der Waals surface area (Å²) in [6.45, 7) is 0.860. The highest BCUT2D eigenvalue weighted by Gasteiger charge is 2.49. The van der Waals surface area contributed by atoms with E-state index in [9.17, 15) is 27.6 Å². The molecule has 1 unspecified atom stereocenters. The number of methoxy groups -OCH3 is 2. The lowest BCUT2D eigenvalue weighted by molar-refractivity contribution is -0.274. The lowest BCUT2D eigenvalue weighted by Gasteiger charge is -2.22. The average Bonchev–Trinajstić information content (AvgIpc) is 2.96. The monoisotopic (exact) mass is 452 g/mol. The van der Waals surface area contributed by atoms with Crippen molar-refractivity contribution in [2.75, 3.05) is 20.8 Å². The van der Waals surface area contributed by atoms with Crippen molar-refractivity contribution in [2.45, 2.75) is 18.8 Å². The Labute approximate surface area is 180 Å². The highest BCUT2D eigenvalue weighted by atomic mass is 19.4. The minimum atomic E-state index is -4.86. The van der Waals surface area contributed by atoms with Gasteiger partial charge in [-0.25, -0.2) is 4.79 Å². The zero-order chi connectivity index (χ0) is 23.7. The van der Waals surface area contributed by atoms with E-state index in [-0.39, 0.29) is 11.1 Å². The number of ketones is 1. The molecule has 2 aromatic rings. The SMILES string of the molecule is COc1ccc(C(=O)CN2C(=O)NC(C)(c3ccc(OC(F)(F)F)cc3)C2=O)cc1OC. The Kier molecular flexibility index (Phi) is 6.02. The quantitative estimate of drug-likeness (QED) is 0.512. The van der Waals surface area contributed by atoms with Crippen LogP contribution in [0.25, 0.3) is 0 Å². The molecule has 8 nitrogen and oxygen atoms in total. The number of nitrogens with zero attached hydrogens (tertiary/aromatic N) is 1. The molecule has 3 rings (SSSR count). The summed E-state index contributed by atoms with van der Waals surface area (Å²) < 4.78 is 51.1. The van der Waals surface area contributed by atoms with Crippen LogP contribution < -0.4 is 19.5 Å². The zero-order valence-electron chi connectivity index (χ0n) is 17.3. The second-order valence-corrected chi connectivity index (χ2v) is 7.01. The summed E-state index contributed by atoms with van der Waals surface area (Å²) in [4.78, 5) is 38.9. The molecule has 0 aliphatic carbocycles. The summed E-state index contributed by atoms with van der Waals surface area (Å²) in [6, 6.07) is 8.15. The van der Waals surface area contributed by atoms with Gasteiger partial charge in [-0.1, -0.05) is 12.1 Å². The van der Waals surface area contributed by atoms with Crippen molar-refractivity contribution in [2.24, 2.45) is 0 Å². The van der Waals surface area contributed by atoms with Crippen molar-refractivity contribution < 1.29 is 41.8 Å². The minimum Gasteiger partial charge on any atom is -0.493 e. The lowest BCUT2D eigenvalue weighted by atomic mass is 9.92. The molecule has 170 valence electrons. The number of alkyl halides is 3. The van der Waals surface area contributed by atoms with Gasteiger partial charge in [0.05, 0.1) is 20.8 Å². The lowest BCUT2D eigenvalue weighted by Crippen LogP contribution is -2.41. The van der Waals surface area contributed by atoms with Crippen molar-refractivity contribution in [1.29, 1.82) is 0 Å². The standard InChI is InChI=1S/C21H19F3N2O6/c1-20(13-5-7-14(8-6-13)32-21(22,23)24)18(28)26(19(29)25-20)11-15(27)12-4-9-16(30-2)17(10-12)31-3/h4-10H,11H2,1-3H3,(H,25,29). The second-order valence-electron chi connectivity index (χ2n) is 7.01. The molecule has 0 spiro atoms. The number of carbonyl (C=O) groups excluding carboxylic acids is 3. The van der Waals surface area contributed by atoms with Gasteiger partial charge in [0.25, 0.3) is 5.91 Å². The number of urea groups is 1. The fourth-order valence-corrected chi connectivity index (χ4v) is 3.27. The Balaban J connectivity index is 1.79. The number of imide groups is 1. The Morgan fingerprint density at radius 3 is 2.22 bits per heavy atom. The van der Waals surface area contributed by atoms with Crippen LogP contribution in [0.4, 0.5) is 18.0 Å². The molecule has 1 aliphatic rings. The van der Waals surface area contributed by atoms with Crippen LogP contribution in [0.2, 0.25) is 0 Å². The van der Waals surface area contributed by atoms with E-state index in [4.69, 9.17) is 9.47 Å². The van der Waals surface area contributed by atoms with Gasteiger partial charge in [0.1, 0.15) is 11.3 Å². The maximum atomic E-state index is 13.0. The summed E-state index contributed by atoms with van der Waals surface area (Å²) >= 11 is 0. The molecule has 1 heterocycles. The van der Waals surface area contributed by atoms with Gasteiger partial charge < -0.3 is 19.5 Å². The fourth-order valence-electron chi connectivity index (χ4n) is 3.27. The Hall–Kier alpha value is -3.76. The Morgan fingerprint density at radius 2 is 1.66 bits per heavy atom. The molecular weight excluding hydrogens is 433 g/mol. The predicted octanol–water partition coefficient (Wildman–Crippen LogP) is 3.25. The number of carbonyl (C=O) groups is 3. The number of halogens is 3. The maximum absolute atomic E-state index is 13.0. The summed E-state index contributed by atoms with van der Waals surface area (Å²) in [5.41, 5.74) is -1.14. The number of ether oxygens (including phenoxy) is 3. The van der Waals surface area contributed by atoms with Crippen molar-refractivity contribution in [3.63, 3.8) is 0 Å². The van der Waals surface area contributed by atoms with Gasteiger partial charge in [0, 0.05) is 5.56 Å². The van der Waals surface area contributed by atoms with Crippen LogP contribution in [0.15, 0.2) is 42.5 Å². The molecule has 3 amide bonds. The molecule has 0 radical (unpaired) electrons. The predicted molar refractivity (Wildman–Crippen MR) is 105 cm³/mol. The molecule has 1 aliphatic heterocycles. The van der Waals surface area contributed by atoms with E-state index in [1.807, 2.05) is 0 Å². The third-order valence-corrected chi connectivity index (χ3v) is 4.95. The first-order valence-electron chi connectivity index (χ1n) is 9.24. The molecule has 11 heteroatoms. The largest absolute Gasteiger partial charge is 0.573 e. The third kappa shape index (κ3) is 4.46. The highest BCUT2D eigenvalue weighted by Crippen LogP contribution is 2.32. The number of benzene rings is 2. The molecule has 1 saturated heterocycles. The fraction of sp³-hybridized carbons (Fsp3) is 0.286. The van der Waals surface area contributed by atoms with E-state index in [1.54, 1.807) is 0 Å². The van der Waals surface area contributed by atoms with E-state index in [0.29, 0.717) is 11.5 Å². The van der Waals surface area contributed by atoms with Crippen molar-refractivity contribution in [1.82, 2.24) is 10.2 Å². The Morgan fingerprint density at radius 1 is 1.03 bits per heavy atom. The molecule has 1 atom stereocenters. The van der Waals surface area contributed by atoms with Crippen LogP contribution in [0.5, 0.6) is 17.2 Å². The number of amides is 3. The van der Waals surface area contributed by atoms with E-state index in [2.05, 4.69) is 10.1 Å². The summed E-state index contributed by atoms with van der Waals surface area (Å²) in [5, 5.41) is 2.49. The molecule has 0 bridgehead atoms. The number of hydrogen-bond acceptors (Lipinski definition) is 6. The molecular formula is C21H19F3N2O6. The number of hydrogen-bond donors (Lipinski definition) is 1. The first-order chi connectivity index (χ1) is 15.0. The van der Waals surface area contributed by atoms with Crippen molar-refractivity contribution >= 4 is 17.7 Å². The van der Waals surface area contributed by atoms with E-state index in [0.717, 1.165) is 17.0 Å². The van der Waals surface area contributed by atoms with Gasteiger partial charge in [-0.3, -0.25) is 14.5 Å². The normalized spacial score (nSPS) is 18.4. The minimum absolute atomic E-state index is 0.200. The molecule has 32 heavy (non-hydrogen) atoms. The van der Waals surface area contributed by atoms with Crippen molar-refractivity contribution in [3.05, 3.63) is 53.6 Å². The van der Waals surface area contributed by atoms with Gasteiger partial charge in [-0.05, 0) is 42.8 Å². The van der Waals surface area contributed by atoms with Crippen LogP contribution in [0.1, 0.15) is 22.8 Å². The molecule has 1 fully saturated rings. The van der Waals surface area contributed by atoms with Crippen LogP contribution in [0.3, 0.4) is 0 Å². The molecule has 0 aromatic heterocycles. The van der Waals surface area contributed by atoms with Crippen LogP contribution in [-0.4, -0.2) is 49.7 Å². The maximum Gasteiger partial charge on any atom is 0.573 e. The van der Waals surface area contributed by atoms with Gasteiger partial charge in [-0.15, -0.1) is 13.2 Å². The van der Waals surface area contributed by atoms with Crippen LogP contribution in [-0.2, 0) is 10.3 Å². The van der Waals surface area contributed by atoms with Gasteiger partial charge in [0.15, 0.2) is 17.3 Å². The smallest absolute Gasteiger partial charge is 0.493 e. The van der Waals surface area contributed by atoms with Gasteiger partial charge >= 0.3 is 12.4 Å². The third-order valence-electron chi connectivity index (χ3n) is 4.95. The van der Waals surface area contributed by atoms with Gasteiger partial charge in [0.2, 0.25) is 0 Å². The molecule has 0 saturated carbocycles. The van der Waals surface area contributed by atoms with Crippen molar-refractivity contribution in [3.8, 4) is 17.2 Å². The average molecular weight is 452 g/mol. The number of nitrogens with one attached hydrogen (secondary N) is 1. The van der Waals surface area contributed by atoms with Gasteiger partial charge in [-0.2, -0.15) is 0 Å². The number of Topliss-reactive ketones (excluding diaryl/α,β-unsaturated/α-hetero) is 1. The summed E-state index contributed by atoms with van der Waals surface area (Å²) in [7, 11) is 2.84. The van der Waals surface area contributed by atoms with Crippen LogP contribution >= 0.6 is 0 Å². The first kappa shape index (κ1) is 22.9. The molecule has 1 N–H and O–H groups in total. The zero-order valence-corrected chi connectivity index (χ0v) is 17.3. The second kappa shape index (κ2) is 8.40. The summed E-state index contributed by atoms with van der Waals surface area (Å²) in [6.07, 6.45) is -4.86. The first-order valence-corrected chi connectivity index (χ1v) is 9.24. The van der Waals surface area contributed by atoms with E-state index in [1.165, 1.54) is 51.5 Å². The topological polar surface area (TPSA) is 94.2 Å². The van der Waals surface area contributed by atoms with E-state index < -0.39 is 41.9 Å². The van der Waals surface area contributed by atoms with E-state index >= 15 is 0 Å². The number of rotatable bonds is 7. The highest BCUT2D eigenvalue weighted by molar-refractivity contribution is 6.11. The van der Waals surface area contributed by atoms with Crippen LogP contribution in [0, 0.1) is 0 Å². The molecule has 2 aromatic carbocycles.